The summed E-state index contributed by atoms with van der Waals surface area (Å²) in [6.45, 7) is 0. The van der Waals surface area contributed by atoms with Crippen molar-refractivity contribution in [3.05, 3.63) is 95.3 Å². The molecule has 176 valence electrons. The Labute approximate surface area is 197 Å². The number of anilines is 1. The third-order valence-electron chi connectivity index (χ3n) is 7.58. The molecule has 1 heterocycles. The minimum Gasteiger partial charge on any atom is -0.497 e. The zero-order chi connectivity index (χ0) is 24.3. The van der Waals surface area contributed by atoms with Crippen LogP contribution in [0, 0.1) is 11.7 Å². The molecule has 0 spiro atoms. The number of aliphatic hydroxyl groups is 2. The number of halogens is 1. The third-order valence-corrected chi connectivity index (χ3v) is 7.58. The highest BCUT2D eigenvalue weighted by Crippen LogP contribution is 2.70. The van der Waals surface area contributed by atoms with E-state index in [9.17, 15) is 15.0 Å². The standard InChI is InChI=1S/C27H26FNO5/c1-29-20-11-7-10-19(28)23(20)27(32)24(30)21(25(31)34-3)22(16-8-5-4-6-9-16)26(27,29)17-12-14-18(33-2)15-13-17/h4-15,21-22,24,30,32H,1-3H3/t21-,22-,24-,26+,27+/m1/s1. The molecule has 1 aliphatic heterocycles. The first-order valence-electron chi connectivity index (χ1n) is 11.0. The van der Waals surface area contributed by atoms with Crippen molar-refractivity contribution in [1.82, 2.24) is 0 Å². The molecule has 5 atom stereocenters. The van der Waals surface area contributed by atoms with Gasteiger partial charge in [-0.15, -0.1) is 0 Å². The maximum atomic E-state index is 15.4. The second-order valence-electron chi connectivity index (χ2n) is 8.84. The van der Waals surface area contributed by atoms with Crippen molar-refractivity contribution >= 4 is 11.7 Å². The van der Waals surface area contributed by atoms with E-state index in [2.05, 4.69) is 0 Å². The number of nitrogens with zero attached hydrogens (tertiary/aromatic N) is 1. The van der Waals surface area contributed by atoms with Crippen LogP contribution in [0.15, 0.2) is 72.8 Å². The van der Waals surface area contributed by atoms with E-state index in [4.69, 9.17) is 9.47 Å². The highest BCUT2D eigenvalue weighted by molar-refractivity contribution is 5.81. The predicted octanol–water partition coefficient (Wildman–Crippen LogP) is 3.31. The van der Waals surface area contributed by atoms with Crippen LogP contribution in [0.4, 0.5) is 10.1 Å². The van der Waals surface area contributed by atoms with Gasteiger partial charge in [-0.25, -0.2) is 4.39 Å². The van der Waals surface area contributed by atoms with Crippen molar-refractivity contribution in [2.75, 3.05) is 26.2 Å². The van der Waals surface area contributed by atoms with E-state index < -0.39 is 40.9 Å². The van der Waals surface area contributed by atoms with E-state index in [0.717, 1.165) is 0 Å². The summed E-state index contributed by atoms with van der Waals surface area (Å²) in [5, 5.41) is 24.2. The molecule has 7 heteroatoms. The summed E-state index contributed by atoms with van der Waals surface area (Å²) in [7, 11) is 4.55. The van der Waals surface area contributed by atoms with Gasteiger partial charge >= 0.3 is 5.97 Å². The minimum absolute atomic E-state index is 0.0341. The number of carbonyl (C=O) groups is 1. The topological polar surface area (TPSA) is 79.2 Å². The Morgan fingerprint density at radius 2 is 1.68 bits per heavy atom. The maximum absolute atomic E-state index is 15.4. The molecule has 2 N–H and O–H groups in total. The molecular formula is C27H26FNO5. The Morgan fingerprint density at radius 1 is 1.00 bits per heavy atom. The smallest absolute Gasteiger partial charge is 0.312 e. The lowest BCUT2D eigenvalue weighted by Gasteiger charge is -2.47. The fourth-order valence-corrected chi connectivity index (χ4v) is 6.28. The molecule has 0 unspecified atom stereocenters. The largest absolute Gasteiger partial charge is 0.497 e. The summed E-state index contributed by atoms with van der Waals surface area (Å²) in [6.07, 6.45) is -1.65. The summed E-state index contributed by atoms with van der Waals surface area (Å²) >= 11 is 0. The van der Waals surface area contributed by atoms with E-state index in [1.807, 2.05) is 30.3 Å². The summed E-state index contributed by atoms with van der Waals surface area (Å²) in [5.74, 6) is -2.66. The van der Waals surface area contributed by atoms with Crippen molar-refractivity contribution < 1.29 is 28.9 Å². The van der Waals surface area contributed by atoms with E-state index in [-0.39, 0.29) is 5.56 Å². The fraction of sp³-hybridized carbons (Fsp3) is 0.296. The predicted molar refractivity (Wildman–Crippen MR) is 124 cm³/mol. The van der Waals surface area contributed by atoms with Crippen LogP contribution in [-0.4, -0.2) is 43.6 Å². The number of rotatable bonds is 4. The molecular weight excluding hydrogens is 437 g/mol. The van der Waals surface area contributed by atoms with Gasteiger partial charge in [-0.1, -0.05) is 48.5 Å². The lowest BCUT2D eigenvalue weighted by molar-refractivity contribution is -0.154. The average Bonchev–Trinajstić information content (AvgIpc) is 3.21. The van der Waals surface area contributed by atoms with Gasteiger partial charge in [-0.05, 0) is 35.4 Å². The molecule has 1 aliphatic carbocycles. The molecule has 3 aromatic carbocycles. The molecule has 0 aromatic heterocycles. The first-order chi connectivity index (χ1) is 16.3. The van der Waals surface area contributed by atoms with Crippen molar-refractivity contribution in [1.29, 1.82) is 0 Å². The number of aliphatic hydroxyl groups excluding tert-OH is 1. The molecule has 3 aromatic rings. The normalized spacial score (nSPS) is 29.5. The van der Waals surface area contributed by atoms with Crippen LogP contribution in [0.3, 0.4) is 0 Å². The van der Waals surface area contributed by atoms with Crippen LogP contribution in [0.2, 0.25) is 0 Å². The summed E-state index contributed by atoms with van der Waals surface area (Å²) in [5.41, 5.74) is -1.86. The molecule has 5 rings (SSSR count). The maximum Gasteiger partial charge on any atom is 0.312 e. The zero-order valence-corrected chi connectivity index (χ0v) is 19.1. The van der Waals surface area contributed by atoms with Gasteiger partial charge in [-0.3, -0.25) is 4.79 Å². The van der Waals surface area contributed by atoms with Crippen molar-refractivity contribution in [3.8, 4) is 5.75 Å². The van der Waals surface area contributed by atoms with Gasteiger partial charge < -0.3 is 24.6 Å². The van der Waals surface area contributed by atoms with Gasteiger partial charge in [0, 0.05) is 24.2 Å². The van der Waals surface area contributed by atoms with Gasteiger partial charge in [0.2, 0.25) is 0 Å². The molecule has 0 saturated heterocycles. The van der Waals surface area contributed by atoms with E-state index in [1.54, 1.807) is 55.5 Å². The molecule has 6 nitrogen and oxygen atoms in total. The van der Waals surface area contributed by atoms with E-state index in [0.29, 0.717) is 22.6 Å². The molecule has 2 aliphatic rings. The number of likely N-dealkylation sites (N-methyl/N-ethyl adjacent to an activating group) is 1. The third kappa shape index (κ3) is 2.59. The monoisotopic (exact) mass is 463 g/mol. The van der Waals surface area contributed by atoms with Gasteiger partial charge in [0.25, 0.3) is 0 Å². The van der Waals surface area contributed by atoms with Crippen LogP contribution in [-0.2, 0) is 20.7 Å². The zero-order valence-electron chi connectivity index (χ0n) is 19.1. The number of hydrogen-bond acceptors (Lipinski definition) is 6. The lowest BCUT2D eigenvalue weighted by atomic mass is 9.68. The highest BCUT2D eigenvalue weighted by atomic mass is 19.1. The first kappa shape index (κ1) is 22.4. The minimum atomic E-state index is -2.16. The summed E-state index contributed by atoms with van der Waals surface area (Å²) < 4.78 is 25.8. The van der Waals surface area contributed by atoms with Gasteiger partial charge in [0.1, 0.15) is 28.8 Å². The summed E-state index contributed by atoms with van der Waals surface area (Å²) in [6, 6.07) is 20.8. The van der Waals surface area contributed by atoms with Crippen molar-refractivity contribution in [3.63, 3.8) is 0 Å². The summed E-state index contributed by atoms with van der Waals surface area (Å²) in [4.78, 5) is 14.9. The number of fused-ring (bicyclic) bond motifs is 3. The average molecular weight is 464 g/mol. The Hall–Kier alpha value is -3.42. The highest BCUT2D eigenvalue weighted by Gasteiger charge is 2.77. The number of benzene rings is 3. The van der Waals surface area contributed by atoms with Crippen LogP contribution < -0.4 is 9.64 Å². The lowest BCUT2D eigenvalue weighted by Crippen LogP contribution is -2.56. The molecule has 1 fully saturated rings. The van der Waals surface area contributed by atoms with Crippen LogP contribution >= 0.6 is 0 Å². The second kappa shape index (κ2) is 7.82. The number of esters is 1. The van der Waals surface area contributed by atoms with Crippen molar-refractivity contribution in [2.24, 2.45) is 5.92 Å². The fourth-order valence-electron chi connectivity index (χ4n) is 6.28. The quantitative estimate of drug-likeness (QED) is 0.578. The Kier molecular flexibility index (Phi) is 5.15. The van der Waals surface area contributed by atoms with E-state index in [1.165, 1.54) is 13.2 Å². The number of methoxy groups -OCH3 is 2. The van der Waals surface area contributed by atoms with Crippen LogP contribution in [0.1, 0.15) is 22.6 Å². The van der Waals surface area contributed by atoms with Gasteiger partial charge in [-0.2, -0.15) is 0 Å². The van der Waals surface area contributed by atoms with Gasteiger partial charge in [0.15, 0.2) is 0 Å². The molecule has 1 saturated carbocycles. The van der Waals surface area contributed by atoms with Crippen LogP contribution in [0.25, 0.3) is 0 Å². The van der Waals surface area contributed by atoms with E-state index >= 15 is 4.39 Å². The van der Waals surface area contributed by atoms with Gasteiger partial charge in [0.05, 0.1) is 20.1 Å². The Bertz CT molecular complexity index is 1230. The second-order valence-corrected chi connectivity index (χ2v) is 8.84. The molecule has 0 radical (unpaired) electrons. The molecule has 34 heavy (non-hydrogen) atoms. The Morgan fingerprint density at radius 3 is 2.29 bits per heavy atom. The Balaban J connectivity index is 1.91. The van der Waals surface area contributed by atoms with Crippen molar-refractivity contribution in [2.45, 2.75) is 23.2 Å². The van der Waals surface area contributed by atoms with Crippen LogP contribution in [0.5, 0.6) is 5.75 Å². The number of carbonyl (C=O) groups excluding carboxylic acids is 1. The molecule has 0 amide bonds. The number of hydrogen-bond donors (Lipinski definition) is 2. The SMILES string of the molecule is COC(=O)[C@H]1[C@@H](O)[C@@]2(O)c3c(F)cccc3N(C)[C@@]2(c2ccc(OC)cc2)[C@@H]1c1ccccc1. The molecule has 0 bridgehead atoms. The first-order valence-corrected chi connectivity index (χ1v) is 11.0. The number of ether oxygens (including phenoxy) is 2.